The molecule has 0 radical (unpaired) electrons. The molecule has 3 rings (SSSR count). The van der Waals surface area contributed by atoms with E-state index in [1.807, 2.05) is 6.92 Å². The first-order valence-corrected chi connectivity index (χ1v) is 6.99. The van der Waals surface area contributed by atoms with Gasteiger partial charge in [0.2, 0.25) is 0 Å². The minimum absolute atomic E-state index is 0.770. The van der Waals surface area contributed by atoms with Gasteiger partial charge in [0.1, 0.15) is 0 Å². The summed E-state index contributed by atoms with van der Waals surface area (Å²) in [5.41, 5.74) is 4.78. The van der Waals surface area contributed by atoms with Gasteiger partial charge in [-0.2, -0.15) is 0 Å². The summed E-state index contributed by atoms with van der Waals surface area (Å²) in [5, 5.41) is 4.75. The summed E-state index contributed by atoms with van der Waals surface area (Å²) in [5.74, 6) is 0. The molecule has 1 heterocycles. The van der Waals surface area contributed by atoms with Gasteiger partial charge < -0.3 is 5.32 Å². The summed E-state index contributed by atoms with van der Waals surface area (Å²) < 4.78 is 0. The standard InChI is InChI=1S/C17H20N2/c1-12(11-18-16-6-7-16)9-14-4-8-17-15(10-14)5-3-13(2)19-17/h3-5,8-10,16,18H,6-7,11H2,1-2H3/b12-9-. The van der Waals surface area contributed by atoms with E-state index in [1.165, 1.54) is 29.4 Å². The maximum Gasteiger partial charge on any atom is 0.0705 e. The van der Waals surface area contributed by atoms with Crippen molar-refractivity contribution in [2.45, 2.75) is 32.7 Å². The van der Waals surface area contributed by atoms with Crippen LogP contribution < -0.4 is 5.32 Å². The van der Waals surface area contributed by atoms with Gasteiger partial charge in [0.15, 0.2) is 0 Å². The van der Waals surface area contributed by atoms with Crippen LogP contribution in [0.4, 0.5) is 0 Å². The molecule has 1 aromatic carbocycles. The van der Waals surface area contributed by atoms with Gasteiger partial charge in [-0.15, -0.1) is 0 Å². The summed E-state index contributed by atoms with van der Waals surface area (Å²) in [7, 11) is 0. The molecule has 1 fully saturated rings. The van der Waals surface area contributed by atoms with E-state index >= 15 is 0 Å². The van der Waals surface area contributed by atoms with Crippen molar-refractivity contribution < 1.29 is 0 Å². The van der Waals surface area contributed by atoms with Gasteiger partial charge >= 0.3 is 0 Å². The summed E-state index contributed by atoms with van der Waals surface area (Å²) in [6.45, 7) is 5.21. The van der Waals surface area contributed by atoms with Gasteiger partial charge in [0.25, 0.3) is 0 Å². The lowest BCUT2D eigenvalue weighted by atomic mass is 10.1. The second kappa shape index (κ2) is 5.14. The van der Waals surface area contributed by atoms with E-state index in [-0.39, 0.29) is 0 Å². The molecule has 2 nitrogen and oxygen atoms in total. The molecular weight excluding hydrogens is 232 g/mol. The quantitative estimate of drug-likeness (QED) is 0.897. The van der Waals surface area contributed by atoms with Crippen molar-refractivity contribution in [1.82, 2.24) is 10.3 Å². The maximum atomic E-state index is 4.53. The predicted octanol–water partition coefficient (Wildman–Crippen LogP) is 3.70. The van der Waals surface area contributed by atoms with E-state index < -0.39 is 0 Å². The van der Waals surface area contributed by atoms with Gasteiger partial charge in [0.05, 0.1) is 5.52 Å². The molecule has 0 atom stereocenters. The molecule has 2 heteroatoms. The Balaban J connectivity index is 1.79. The molecule has 0 aliphatic heterocycles. The highest BCUT2D eigenvalue weighted by molar-refractivity contribution is 5.81. The molecule has 1 aliphatic carbocycles. The number of benzene rings is 1. The van der Waals surface area contributed by atoms with Gasteiger partial charge in [-0.1, -0.05) is 23.8 Å². The molecule has 19 heavy (non-hydrogen) atoms. The Morgan fingerprint density at radius 1 is 1.32 bits per heavy atom. The zero-order valence-corrected chi connectivity index (χ0v) is 11.6. The number of hydrogen-bond acceptors (Lipinski definition) is 2. The number of rotatable bonds is 4. The first kappa shape index (κ1) is 12.4. The second-order valence-corrected chi connectivity index (χ2v) is 5.55. The number of aryl methyl sites for hydroxylation is 1. The van der Waals surface area contributed by atoms with Crippen LogP contribution in [0.25, 0.3) is 17.0 Å². The average molecular weight is 252 g/mol. The second-order valence-electron chi connectivity index (χ2n) is 5.55. The van der Waals surface area contributed by atoms with Crippen LogP contribution in [0.1, 0.15) is 31.0 Å². The SMILES string of the molecule is C/C(=C/c1ccc2nc(C)ccc2c1)CNC1CC1. The highest BCUT2D eigenvalue weighted by Gasteiger charge is 2.19. The van der Waals surface area contributed by atoms with Crippen LogP contribution in [0.2, 0.25) is 0 Å². The average Bonchev–Trinajstić information content (AvgIpc) is 3.21. The third kappa shape index (κ3) is 3.21. The fraction of sp³-hybridized carbons (Fsp3) is 0.353. The summed E-state index contributed by atoms with van der Waals surface area (Å²) >= 11 is 0. The summed E-state index contributed by atoms with van der Waals surface area (Å²) in [4.78, 5) is 4.53. The molecule has 0 amide bonds. The molecule has 1 aromatic heterocycles. The van der Waals surface area contributed by atoms with Crippen LogP contribution >= 0.6 is 0 Å². The number of nitrogens with zero attached hydrogens (tertiary/aromatic N) is 1. The van der Waals surface area contributed by atoms with Crippen molar-refractivity contribution in [2.24, 2.45) is 0 Å². The van der Waals surface area contributed by atoms with Gasteiger partial charge in [-0.3, -0.25) is 4.98 Å². The highest BCUT2D eigenvalue weighted by atomic mass is 14.9. The zero-order chi connectivity index (χ0) is 13.2. The first-order chi connectivity index (χ1) is 9.20. The lowest BCUT2D eigenvalue weighted by Gasteiger charge is -2.04. The number of pyridine rings is 1. The zero-order valence-electron chi connectivity index (χ0n) is 11.6. The van der Waals surface area contributed by atoms with E-state index in [9.17, 15) is 0 Å². The third-order valence-electron chi connectivity index (χ3n) is 3.51. The molecule has 1 aliphatic rings. The third-order valence-corrected chi connectivity index (χ3v) is 3.51. The topological polar surface area (TPSA) is 24.9 Å². The van der Waals surface area contributed by atoms with Gasteiger partial charge in [0, 0.05) is 23.7 Å². The number of nitrogens with one attached hydrogen (secondary N) is 1. The molecule has 1 saturated carbocycles. The maximum absolute atomic E-state index is 4.53. The Morgan fingerprint density at radius 3 is 2.95 bits per heavy atom. The molecule has 0 bridgehead atoms. The molecule has 0 saturated heterocycles. The highest BCUT2D eigenvalue weighted by Crippen LogP contribution is 2.20. The Morgan fingerprint density at radius 2 is 2.16 bits per heavy atom. The molecule has 2 aromatic rings. The largest absolute Gasteiger partial charge is 0.310 e. The van der Waals surface area contributed by atoms with Gasteiger partial charge in [-0.05, 0) is 50.5 Å². The number of aromatic nitrogens is 1. The van der Waals surface area contributed by atoms with E-state index in [1.54, 1.807) is 0 Å². The fourth-order valence-electron chi connectivity index (χ4n) is 2.26. The van der Waals surface area contributed by atoms with Crippen molar-refractivity contribution in [3.05, 3.63) is 47.2 Å². The normalized spacial score (nSPS) is 16.0. The Kier molecular flexibility index (Phi) is 3.34. The van der Waals surface area contributed by atoms with Crippen LogP contribution in [0.15, 0.2) is 35.9 Å². The predicted molar refractivity (Wildman–Crippen MR) is 81.2 cm³/mol. The molecular formula is C17H20N2. The molecule has 1 N–H and O–H groups in total. The summed E-state index contributed by atoms with van der Waals surface area (Å²) in [6, 6.07) is 11.4. The van der Waals surface area contributed by atoms with Crippen molar-refractivity contribution in [1.29, 1.82) is 0 Å². The van der Waals surface area contributed by atoms with E-state index in [0.717, 1.165) is 23.8 Å². The van der Waals surface area contributed by atoms with Crippen LogP contribution in [-0.2, 0) is 0 Å². The van der Waals surface area contributed by atoms with Crippen molar-refractivity contribution in [3.8, 4) is 0 Å². The lowest BCUT2D eigenvalue weighted by Crippen LogP contribution is -2.18. The van der Waals surface area contributed by atoms with E-state index in [0.29, 0.717) is 0 Å². The monoisotopic (exact) mass is 252 g/mol. The lowest BCUT2D eigenvalue weighted by molar-refractivity contribution is 0.736. The van der Waals surface area contributed by atoms with Crippen LogP contribution in [0.3, 0.4) is 0 Å². The van der Waals surface area contributed by atoms with E-state index in [4.69, 9.17) is 0 Å². The smallest absolute Gasteiger partial charge is 0.0705 e. The fourth-order valence-corrected chi connectivity index (χ4v) is 2.26. The van der Waals surface area contributed by atoms with E-state index in [2.05, 4.69) is 53.6 Å². The molecule has 0 spiro atoms. The Labute approximate surface area is 114 Å². The van der Waals surface area contributed by atoms with Crippen molar-refractivity contribution >= 4 is 17.0 Å². The van der Waals surface area contributed by atoms with Gasteiger partial charge in [-0.25, -0.2) is 0 Å². The molecule has 0 unspecified atom stereocenters. The van der Waals surface area contributed by atoms with Crippen LogP contribution in [-0.4, -0.2) is 17.6 Å². The number of hydrogen-bond donors (Lipinski definition) is 1. The minimum Gasteiger partial charge on any atom is -0.310 e. The Hall–Kier alpha value is -1.67. The van der Waals surface area contributed by atoms with Crippen LogP contribution in [0.5, 0.6) is 0 Å². The van der Waals surface area contributed by atoms with Crippen molar-refractivity contribution in [2.75, 3.05) is 6.54 Å². The Bertz CT molecular complexity index is 624. The van der Waals surface area contributed by atoms with Crippen LogP contribution in [0, 0.1) is 6.92 Å². The van der Waals surface area contributed by atoms with Crippen molar-refractivity contribution in [3.63, 3.8) is 0 Å². The number of fused-ring (bicyclic) bond motifs is 1. The molecule has 98 valence electrons. The first-order valence-electron chi connectivity index (χ1n) is 6.99. The minimum atomic E-state index is 0.770. The summed E-state index contributed by atoms with van der Waals surface area (Å²) in [6.07, 6.45) is 4.94.